The Morgan fingerprint density at radius 2 is 1.67 bits per heavy atom. The maximum Gasteiger partial charge on any atom is 0.309 e. The van der Waals surface area contributed by atoms with Crippen molar-refractivity contribution in [2.24, 2.45) is 11.8 Å². The average Bonchev–Trinajstić information content (AvgIpc) is 2.41. The molecule has 0 atom stereocenters. The number of sulfonamides is 1. The van der Waals surface area contributed by atoms with Gasteiger partial charge in [0.15, 0.2) is 0 Å². The van der Waals surface area contributed by atoms with E-state index in [-0.39, 0.29) is 5.92 Å². The number of rotatable bonds is 5. The van der Waals surface area contributed by atoms with E-state index in [1.165, 1.54) is 10.6 Å². The fourth-order valence-corrected chi connectivity index (χ4v) is 3.01. The maximum absolute atomic E-state index is 11.6. The summed E-state index contributed by atoms with van der Waals surface area (Å²) < 4.78 is 24.2. The van der Waals surface area contributed by atoms with Crippen molar-refractivity contribution in [1.29, 1.82) is 0 Å². The van der Waals surface area contributed by atoms with Gasteiger partial charge in [-0.25, -0.2) is 12.7 Å². The Morgan fingerprint density at radius 1 is 1.14 bits per heavy atom. The van der Waals surface area contributed by atoms with Crippen molar-refractivity contribution in [3.63, 3.8) is 0 Å². The van der Waals surface area contributed by atoms with Crippen LogP contribution in [0.2, 0.25) is 0 Å². The Balaban J connectivity index is 2.28. The summed E-state index contributed by atoms with van der Waals surface area (Å²) >= 11 is 0. The van der Waals surface area contributed by atoms with Crippen molar-refractivity contribution < 1.29 is 18.0 Å². The molecule has 2 N–H and O–H groups in total. The summed E-state index contributed by atoms with van der Waals surface area (Å²) in [6.45, 7) is 5.73. The van der Waals surface area contributed by atoms with Crippen molar-refractivity contribution in [3.8, 4) is 0 Å². The smallest absolute Gasteiger partial charge is 0.309 e. The molecule has 0 bridgehead atoms. The average molecular weight is 319 g/mol. The highest BCUT2D eigenvalue weighted by Gasteiger charge is 2.25. The Labute approximate surface area is 126 Å². The summed E-state index contributed by atoms with van der Waals surface area (Å²) in [5.74, 6) is -0.731. The van der Waals surface area contributed by atoms with E-state index in [2.05, 4.69) is 10.6 Å². The fraction of sp³-hybridized carbons (Fsp3) is 0.846. The molecule has 0 aromatic heterocycles. The molecule has 0 aromatic carbocycles. The van der Waals surface area contributed by atoms with Gasteiger partial charge in [-0.3, -0.25) is 9.59 Å². The molecule has 122 valence electrons. The standard InChI is InChI=1S/C13H25N3O4S/c1-10(2)8-14-12(17)13(18)15-9-11-4-6-16(7-5-11)21(3,19)20/h10-11H,4-9H2,1-3H3,(H,14,17)(H,15,18). The second-order valence-corrected chi connectivity index (χ2v) is 7.90. The lowest BCUT2D eigenvalue weighted by Crippen LogP contribution is -2.45. The monoisotopic (exact) mass is 319 g/mol. The molecule has 8 heteroatoms. The molecular formula is C13H25N3O4S. The first kappa shape index (κ1) is 17.9. The van der Waals surface area contributed by atoms with Crippen LogP contribution in [0.15, 0.2) is 0 Å². The number of hydrogen-bond donors (Lipinski definition) is 2. The number of nitrogens with zero attached hydrogens (tertiary/aromatic N) is 1. The lowest BCUT2D eigenvalue weighted by atomic mass is 9.98. The highest BCUT2D eigenvalue weighted by Crippen LogP contribution is 2.18. The van der Waals surface area contributed by atoms with Crippen LogP contribution < -0.4 is 10.6 Å². The van der Waals surface area contributed by atoms with Crippen LogP contribution in [0.1, 0.15) is 26.7 Å². The van der Waals surface area contributed by atoms with E-state index in [9.17, 15) is 18.0 Å². The van der Waals surface area contributed by atoms with Crippen molar-refractivity contribution in [2.45, 2.75) is 26.7 Å². The molecule has 0 aromatic rings. The molecule has 0 unspecified atom stereocenters. The van der Waals surface area contributed by atoms with Crippen LogP contribution in [0.25, 0.3) is 0 Å². The van der Waals surface area contributed by atoms with Gasteiger partial charge in [0.25, 0.3) is 0 Å². The third kappa shape index (κ3) is 6.43. The van der Waals surface area contributed by atoms with E-state index >= 15 is 0 Å². The molecule has 0 spiro atoms. The molecule has 21 heavy (non-hydrogen) atoms. The minimum atomic E-state index is -3.13. The number of amides is 2. The van der Waals surface area contributed by atoms with E-state index in [4.69, 9.17) is 0 Å². The zero-order valence-electron chi connectivity index (χ0n) is 12.9. The van der Waals surface area contributed by atoms with Gasteiger partial charge in [0.2, 0.25) is 10.0 Å². The summed E-state index contributed by atoms with van der Waals surface area (Å²) in [5.41, 5.74) is 0. The maximum atomic E-state index is 11.6. The Bertz CT molecular complexity index is 468. The van der Waals surface area contributed by atoms with Gasteiger partial charge in [-0.2, -0.15) is 0 Å². The molecule has 1 saturated heterocycles. The summed E-state index contributed by atoms with van der Waals surface area (Å²) in [6.07, 6.45) is 2.59. The van der Waals surface area contributed by atoms with Crippen LogP contribution in [0, 0.1) is 11.8 Å². The predicted octanol–water partition coefficient (Wildman–Crippen LogP) is -0.454. The molecule has 1 aliphatic rings. The van der Waals surface area contributed by atoms with E-state index in [1.807, 2.05) is 13.8 Å². The summed E-state index contributed by atoms with van der Waals surface area (Å²) in [7, 11) is -3.13. The van der Waals surface area contributed by atoms with E-state index < -0.39 is 21.8 Å². The lowest BCUT2D eigenvalue weighted by Gasteiger charge is -2.30. The van der Waals surface area contributed by atoms with Crippen molar-refractivity contribution in [1.82, 2.24) is 14.9 Å². The van der Waals surface area contributed by atoms with Crippen molar-refractivity contribution >= 4 is 21.8 Å². The summed E-state index contributed by atoms with van der Waals surface area (Å²) in [6, 6.07) is 0. The van der Waals surface area contributed by atoms with Gasteiger partial charge in [0.1, 0.15) is 0 Å². The summed E-state index contributed by atoms with van der Waals surface area (Å²) in [5, 5.41) is 5.17. The van der Waals surface area contributed by atoms with Crippen molar-refractivity contribution in [3.05, 3.63) is 0 Å². The van der Waals surface area contributed by atoms with E-state index in [0.29, 0.717) is 44.9 Å². The second kappa shape index (κ2) is 7.74. The zero-order chi connectivity index (χ0) is 16.0. The van der Waals surface area contributed by atoms with Crippen LogP contribution in [0.3, 0.4) is 0 Å². The normalized spacial score (nSPS) is 17.7. The van der Waals surface area contributed by atoms with Gasteiger partial charge in [-0.15, -0.1) is 0 Å². The topological polar surface area (TPSA) is 95.6 Å². The molecule has 1 heterocycles. The number of carbonyl (C=O) groups is 2. The van der Waals surface area contributed by atoms with Gasteiger partial charge in [0.05, 0.1) is 6.26 Å². The molecule has 1 rings (SSSR count). The number of nitrogens with one attached hydrogen (secondary N) is 2. The minimum absolute atomic E-state index is 0.213. The highest BCUT2D eigenvalue weighted by molar-refractivity contribution is 7.88. The molecule has 2 amide bonds. The highest BCUT2D eigenvalue weighted by atomic mass is 32.2. The van der Waals surface area contributed by atoms with E-state index in [1.54, 1.807) is 0 Å². The van der Waals surface area contributed by atoms with Gasteiger partial charge in [0, 0.05) is 26.2 Å². The molecule has 1 fully saturated rings. The van der Waals surface area contributed by atoms with Crippen LogP contribution in [0.4, 0.5) is 0 Å². The fourth-order valence-electron chi connectivity index (χ4n) is 2.14. The van der Waals surface area contributed by atoms with Crippen LogP contribution in [-0.4, -0.2) is 57.0 Å². The van der Waals surface area contributed by atoms with Crippen molar-refractivity contribution in [2.75, 3.05) is 32.4 Å². The second-order valence-electron chi connectivity index (χ2n) is 5.92. The number of carbonyl (C=O) groups excluding carboxylic acids is 2. The number of piperidine rings is 1. The lowest BCUT2D eigenvalue weighted by molar-refractivity contribution is -0.139. The molecule has 0 saturated carbocycles. The molecule has 0 radical (unpaired) electrons. The Morgan fingerprint density at radius 3 is 2.14 bits per heavy atom. The largest absolute Gasteiger partial charge is 0.348 e. The molecule has 7 nitrogen and oxygen atoms in total. The van der Waals surface area contributed by atoms with Gasteiger partial charge >= 0.3 is 11.8 Å². The first-order chi connectivity index (χ1) is 9.70. The van der Waals surface area contributed by atoms with Crippen LogP contribution >= 0.6 is 0 Å². The molecular weight excluding hydrogens is 294 g/mol. The Hall–Kier alpha value is -1.15. The van der Waals surface area contributed by atoms with Crippen LogP contribution in [0.5, 0.6) is 0 Å². The molecule has 1 aliphatic heterocycles. The molecule has 0 aliphatic carbocycles. The first-order valence-corrected chi connectivity index (χ1v) is 9.06. The Kier molecular flexibility index (Phi) is 6.60. The minimum Gasteiger partial charge on any atom is -0.348 e. The predicted molar refractivity (Wildman–Crippen MR) is 80.0 cm³/mol. The number of hydrogen-bond acceptors (Lipinski definition) is 4. The SMILES string of the molecule is CC(C)CNC(=O)C(=O)NCC1CCN(S(C)(=O)=O)CC1. The third-order valence-corrected chi connectivity index (χ3v) is 4.77. The van der Waals surface area contributed by atoms with Gasteiger partial charge < -0.3 is 10.6 Å². The quantitative estimate of drug-likeness (QED) is 0.671. The van der Waals surface area contributed by atoms with Gasteiger partial charge in [-0.05, 0) is 24.7 Å². The summed E-state index contributed by atoms with van der Waals surface area (Å²) in [4.78, 5) is 23.1. The zero-order valence-corrected chi connectivity index (χ0v) is 13.7. The van der Waals surface area contributed by atoms with E-state index in [0.717, 1.165) is 0 Å². The van der Waals surface area contributed by atoms with Crippen LogP contribution in [-0.2, 0) is 19.6 Å². The third-order valence-electron chi connectivity index (χ3n) is 3.47. The van der Waals surface area contributed by atoms with Gasteiger partial charge in [-0.1, -0.05) is 13.8 Å². The first-order valence-electron chi connectivity index (χ1n) is 7.21.